The van der Waals surface area contributed by atoms with Crippen LogP contribution in [0, 0.1) is 6.92 Å². The smallest absolute Gasteiger partial charge is 0.264 e. The van der Waals surface area contributed by atoms with E-state index >= 15 is 0 Å². The van der Waals surface area contributed by atoms with Gasteiger partial charge in [0.15, 0.2) is 0 Å². The summed E-state index contributed by atoms with van der Waals surface area (Å²) in [5.41, 5.74) is 3.83. The number of aryl methyl sites for hydroxylation is 1. The van der Waals surface area contributed by atoms with Gasteiger partial charge >= 0.3 is 0 Å². The molecular formula is C29H39Cl2N3O3S. The molecular weight excluding hydrogens is 541 g/mol. The van der Waals surface area contributed by atoms with Crippen LogP contribution in [0.25, 0.3) is 0 Å². The van der Waals surface area contributed by atoms with E-state index in [9.17, 15) is 8.42 Å². The first-order chi connectivity index (χ1) is 17.3. The molecule has 0 bridgehead atoms. The molecule has 208 valence electrons. The Hall–Kier alpha value is -2.29. The highest BCUT2D eigenvalue weighted by Gasteiger charge is 2.27. The Morgan fingerprint density at radius 2 is 1.71 bits per heavy atom. The summed E-state index contributed by atoms with van der Waals surface area (Å²) in [5.74, 6) is 0.766. The maximum absolute atomic E-state index is 13.3. The van der Waals surface area contributed by atoms with Crippen molar-refractivity contribution >= 4 is 40.5 Å². The molecule has 2 unspecified atom stereocenters. The molecule has 3 aromatic carbocycles. The number of hydrogen-bond acceptors (Lipinski definition) is 5. The second kappa shape index (κ2) is 14.2. The zero-order valence-electron chi connectivity index (χ0n) is 22.4. The average Bonchev–Trinajstić information content (AvgIpc) is 2.88. The van der Waals surface area contributed by atoms with Crippen LogP contribution in [-0.4, -0.2) is 34.2 Å². The zero-order valence-corrected chi connectivity index (χ0v) is 24.8. The first kappa shape index (κ1) is 31.9. The summed E-state index contributed by atoms with van der Waals surface area (Å²) in [6.45, 7) is 7.50. The van der Waals surface area contributed by atoms with E-state index in [1.54, 1.807) is 19.2 Å². The SMILES string of the molecule is Cc1ccc(S(=O)(=O)N(C)c2ccc(OC(C)C)c(CNC3CCCNC3c3ccccc3)c2)cc1.Cl.Cl. The van der Waals surface area contributed by atoms with Crippen molar-refractivity contribution in [2.75, 3.05) is 17.9 Å². The number of benzene rings is 3. The van der Waals surface area contributed by atoms with Gasteiger partial charge in [0.1, 0.15) is 5.75 Å². The minimum atomic E-state index is -3.68. The molecule has 0 saturated carbocycles. The predicted molar refractivity (Wildman–Crippen MR) is 161 cm³/mol. The Morgan fingerprint density at radius 3 is 2.37 bits per heavy atom. The van der Waals surface area contributed by atoms with Crippen molar-refractivity contribution in [3.63, 3.8) is 0 Å². The Morgan fingerprint density at radius 1 is 1.03 bits per heavy atom. The van der Waals surface area contributed by atoms with Crippen molar-refractivity contribution in [3.8, 4) is 5.75 Å². The quantitative estimate of drug-likeness (QED) is 0.323. The maximum Gasteiger partial charge on any atom is 0.264 e. The van der Waals surface area contributed by atoms with Crippen LogP contribution in [0.1, 0.15) is 49.4 Å². The largest absolute Gasteiger partial charge is 0.491 e. The van der Waals surface area contributed by atoms with E-state index in [2.05, 4.69) is 34.9 Å². The van der Waals surface area contributed by atoms with Crippen LogP contribution in [-0.2, 0) is 16.6 Å². The van der Waals surface area contributed by atoms with E-state index < -0.39 is 10.0 Å². The molecule has 1 aliphatic rings. The first-order valence-corrected chi connectivity index (χ1v) is 14.1. The van der Waals surface area contributed by atoms with Gasteiger partial charge in [-0.3, -0.25) is 4.31 Å². The normalized spacial score (nSPS) is 17.3. The molecule has 0 spiro atoms. The molecule has 2 atom stereocenters. The van der Waals surface area contributed by atoms with Crippen molar-refractivity contribution in [2.24, 2.45) is 0 Å². The van der Waals surface area contributed by atoms with Crippen LogP contribution in [0.4, 0.5) is 5.69 Å². The fourth-order valence-electron chi connectivity index (χ4n) is 4.64. The van der Waals surface area contributed by atoms with Gasteiger partial charge in [-0.2, -0.15) is 0 Å². The minimum Gasteiger partial charge on any atom is -0.491 e. The predicted octanol–water partition coefficient (Wildman–Crippen LogP) is 6.03. The Balaban J connectivity index is 0.00000253. The van der Waals surface area contributed by atoms with Gasteiger partial charge in [0.25, 0.3) is 10.0 Å². The number of nitrogens with zero attached hydrogens (tertiary/aromatic N) is 1. The number of piperidine rings is 1. The Kier molecular flexibility index (Phi) is 11.9. The summed E-state index contributed by atoms with van der Waals surface area (Å²) in [6.07, 6.45) is 2.18. The van der Waals surface area contributed by atoms with Gasteiger partial charge in [-0.25, -0.2) is 8.42 Å². The molecule has 4 rings (SSSR count). The van der Waals surface area contributed by atoms with Crippen LogP contribution in [0.2, 0.25) is 0 Å². The number of hydrogen-bond donors (Lipinski definition) is 2. The highest BCUT2D eigenvalue weighted by atomic mass is 35.5. The summed E-state index contributed by atoms with van der Waals surface area (Å²) in [5, 5.41) is 7.39. The molecule has 9 heteroatoms. The number of rotatable bonds is 9. The maximum atomic E-state index is 13.3. The third kappa shape index (κ3) is 7.64. The van der Waals surface area contributed by atoms with Gasteiger partial charge in [0, 0.05) is 31.2 Å². The number of nitrogens with one attached hydrogen (secondary N) is 2. The fourth-order valence-corrected chi connectivity index (χ4v) is 5.82. The van der Waals surface area contributed by atoms with Gasteiger partial charge in [-0.05, 0) is 76.1 Å². The van der Waals surface area contributed by atoms with Crippen LogP contribution in [0.5, 0.6) is 5.75 Å². The highest BCUT2D eigenvalue weighted by Crippen LogP contribution is 2.30. The lowest BCUT2D eigenvalue weighted by atomic mass is 9.92. The van der Waals surface area contributed by atoms with E-state index in [-0.39, 0.29) is 47.9 Å². The molecule has 1 fully saturated rings. The van der Waals surface area contributed by atoms with Crippen molar-refractivity contribution < 1.29 is 13.2 Å². The highest BCUT2D eigenvalue weighted by molar-refractivity contribution is 7.92. The van der Waals surface area contributed by atoms with Crippen LogP contribution in [0.15, 0.2) is 77.7 Å². The molecule has 0 aliphatic carbocycles. The minimum absolute atomic E-state index is 0. The molecule has 0 aromatic heterocycles. The number of ether oxygens (including phenoxy) is 1. The molecule has 0 amide bonds. The summed E-state index contributed by atoms with van der Waals surface area (Å²) in [4.78, 5) is 0.275. The van der Waals surface area contributed by atoms with Crippen molar-refractivity contribution in [3.05, 3.63) is 89.5 Å². The van der Waals surface area contributed by atoms with Crippen molar-refractivity contribution in [1.29, 1.82) is 0 Å². The third-order valence-corrected chi connectivity index (χ3v) is 8.42. The molecule has 3 aromatic rings. The standard InChI is InChI=1S/C29H37N3O3S.2ClH/c1-21(2)35-28-17-14-25(32(4)36(33,34)26-15-12-22(3)13-16-26)19-24(28)20-31-27-11-8-18-30-29(27)23-9-6-5-7-10-23;;/h5-7,9-10,12-17,19,21,27,29-31H,8,11,18,20H2,1-4H3;2*1H. The summed E-state index contributed by atoms with van der Waals surface area (Å²) in [6, 6.07) is 23.5. The second-order valence-corrected chi connectivity index (χ2v) is 11.7. The number of anilines is 1. The lowest BCUT2D eigenvalue weighted by Gasteiger charge is -2.34. The summed E-state index contributed by atoms with van der Waals surface area (Å²) in [7, 11) is -2.08. The average molecular weight is 581 g/mol. The molecule has 2 N–H and O–H groups in total. The van der Waals surface area contributed by atoms with Gasteiger partial charge in [0.05, 0.1) is 16.7 Å². The first-order valence-electron chi connectivity index (χ1n) is 12.6. The van der Waals surface area contributed by atoms with E-state index in [1.807, 2.05) is 57.2 Å². The second-order valence-electron chi connectivity index (χ2n) is 9.72. The summed E-state index contributed by atoms with van der Waals surface area (Å²) < 4.78 is 34.0. The Labute approximate surface area is 240 Å². The van der Waals surface area contributed by atoms with E-state index in [1.165, 1.54) is 9.87 Å². The zero-order chi connectivity index (χ0) is 25.7. The van der Waals surface area contributed by atoms with Crippen LogP contribution in [0.3, 0.4) is 0 Å². The molecule has 1 saturated heterocycles. The molecule has 6 nitrogen and oxygen atoms in total. The molecule has 38 heavy (non-hydrogen) atoms. The van der Waals surface area contributed by atoms with Crippen LogP contribution >= 0.6 is 24.8 Å². The fraction of sp³-hybridized carbons (Fsp3) is 0.379. The van der Waals surface area contributed by atoms with Crippen molar-refractivity contribution in [2.45, 2.75) is 63.2 Å². The topological polar surface area (TPSA) is 70.7 Å². The van der Waals surface area contributed by atoms with Crippen LogP contribution < -0.4 is 19.7 Å². The van der Waals surface area contributed by atoms with Gasteiger partial charge in [-0.15, -0.1) is 24.8 Å². The molecule has 1 heterocycles. The lowest BCUT2D eigenvalue weighted by molar-refractivity contribution is 0.238. The lowest BCUT2D eigenvalue weighted by Crippen LogP contribution is -2.45. The third-order valence-electron chi connectivity index (χ3n) is 6.62. The van der Waals surface area contributed by atoms with Gasteiger partial charge in [-0.1, -0.05) is 48.0 Å². The van der Waals surface area contributed by atoms with E-state index in [0.717, 1.165) is 36.3 Å². The number of halogens is 2. The summed E-state index contributed by atoms with van der Waals surface area (Å²) >= 11 is 0. The van der Waals surface area contributed by atoms with E-state index in [0.29, 0.717) is 12.2 Å². The van der Waals surface area contributed by atoms with Crippen molar-refractivity contribution in [1.82, 2.24) is 10.6 Å². The van der Waals surface area contributed by atoms with Gasteiger partial charge in [0.2, 0.25) is 0 Å². The van der Waals surface area contributed by atoms with Gasteiger partial charge < -0.3 is 15.4 Å². The molecule has 0 radical (unpaired) electrons. The number of sulfonamides is 1. The molecule has 1 aliphatic heterocycles. The van der Waals surface area contributed by atoms with E-state index in [4.69, 9.17) is 4.74 Å². The monoisotopic (exact) mass is 579 g/mol. The Bertz CT molecular complexity index is 1260.